The van der Waals surface area contributed by atoms with Gasteiger partial charge in [-0.25, -0.2) is 4.39 Å². The lowest BCUT2D eigenvalue weighted by Gasteiger charge is -2.16. The van der Waals surface area contributed by atoms with Crippen molar-refractivity contribution in [3.63, 3.8) is 0 Å². The topological polar surface area (TPSA) is 49.4 Å². The summed E-state index contributed by atoms with van der Waals surface area (Å²) < 4.78 is 13.0. The van der Waals surface area contributed by atoms with E-state index in [1.807, 2.05) is 0 Å². The van der Waals surface area contributed by atoms with Crippen LogP contribution >= 0.6 is 11.6 Å². The van der Waals surface area contributed by atoms with E-state index in [0.717, 1.165) is 18.2 Å². The molecule has 0 spiro atoms. The highest BCUT2D eigenvalue weighted by atomic mass is 35.5. The molecule has 6 heteroatoms. The van der Waals surface area contributed by atoms with Gasteiger partial charge in [-0.05, 0) is 48.9 Å². The number of carbonyl (C=O) groups is 2. The van der Waals surface area contributed by atoms with E-state index < -0.39 is 5.82 Å². The molecule has 1 aliphatic heterocycles. The average Bonchev–Trinajstić information content (AvgIpc) is 2.96. The number of anilines is 2. The van der Waals surface area contributed by atoms with Crippen molar-refractivity contribution < 1.29 is 14.0 Å². The van der Waals surface area contributed by atoms with Gasteiger partial charge in [0.05, 0.1) is 10.7 Å². The maximum Gasteiger partial charge on any atom is 0.255 e. The Labute approximate surface area is 137 Å². The minimum atomic E-state index is -0.465. The van der Waals surface area contributed by atoms with Gasteiger partial charge >= 0.3 is 0 Å². The minimum absolute atomic E-state index is 0.0975. The maximum absolute atomic E-state index is 13.0. The summed E-state index contributed by atoms with van der Waals surface area (Å²) in [6.07, 6.45) is 1.41. The minimum Gasteiger partial charge on any atom is -0.321 e. The quantitative estimate of drug-likeness (QED) is 0.928. The summed E-state index contributed by atoms with van der Waals surface area (Å²) in [6, 6.07) is 10.5. The lowest BCUT2D eigenvalue weighted by atomic mass is 10.1. The second-order valence-electron chi connectivity index (χ2n) is 5.27. The zero-order chi connectivity index (χ0) is 16.4. The summed E-state index contributed by atoms with van der Waals surface area (Å²) in [6.45, 7) is 0.704. The lowest BCUT2D eigenvalue weighted by molar-refractivity contribution is -0.117. The van der Waals surface area contributed by atoms with Crippen molar-refractivity contribution in [2.24, 2.45) is 0 Å². The van der Waals surface area contributed by atoms with Gasteiger partial charge in [-0.2, -0.15) is 0 Å². The first kappa shape index (κ1) is 15.5. The molecule has 0 unspecified atom stereocenters. The van der Waals surface area contributed by atoms with Crippen LogP contribution in [0.3, 0.4) is 0 Å². The Hall–Kier alpha value is -2.40. The van der Waals surface area contributed by atoms with Crippen molar-refractivity contribution in [2.45, 2.75) is 12.8 Å². The van der Waals surface area contributed by atoms with Crippen molar-refractivity contribution in [1.82, 2.24) is 0 Å². The third-order valence-corrected chi connectivity index (χ3v) is 4.01. The van der Waals surface area contributed by atoms with Gasteiger partial charge in [0.2, 0.25) is 5.91 Å². The van der Waals surface area contributed by atoms with E-state index in [2.05, 4.69) is 5.32 Å². The molecule has 1 fully saturated rings. The van der Waals surface area contributed by atoms with Gasteiger partial charge in [-0.1, -0.05) is 11.6 Å². The molecule has 2 amide bonds. The molecule has 23 heavy (non-hydrogen) atoms. The molecular formula is C17H14ClFN2O2. The van der Waals surface area contributed by atoms with Crippen molar-refractivity contribution in [2.75, 3.05) is 16.8 Å². The monoisotopic (exact) mass is 332 g/mol. The number of rotatable bonds is 3. The van der Waals surface area contributed by atoms with Crippen LogP contribution in [0, 0.1) is 5.82 Å². The summed E-state index contributed by atoms with van der Waals surface area (Å²) in [5.74, 6) is -0.717. The highest BCUT2D eigenvalue weighted by Gasteiger charge is 2.21. The Kier molecular flexibility index (Phi) is 4.30. The van der Waals surface area contributed by atoms with E-state index in [1.165, 1.54) is 12.1 Å². The average molecular weight is 333 g/mol. The number of halogens is 2. The van der Waals surface area contributed by atoms with E-state index in [4.69, 9.17) is 11.6 Å². The number of benzene rings is 2. The molecule has 0 aromatic heterocycles. The van der Waals surface area contributed by atoms with Crippen molar-refractivity contribution >= 4 is 34.8 Å². The standard InChI is InChI=1S/C17H14ClFN2O2/c18-14-10-12(19)5-8-15(14)20-17(23)11-3-6-13(7-4-11)21-9-1-2-16(21)22/h3-8,10H,1-2,9H2,(H,20,23). The number of amides is 2. The molecule has 4 nitrogen and oxygen atoms in total. The van der Waals surface area contributed by atoms with Crippen LogP contribution < -0.4 is 10.2 Å². The third kappa shape index (κ3) is 3.35. The molecule has 3 rings (SSSR count). The molecule has 1 saturated heterocycles. The van der Waals surface area contributed by atoms with E-state index >= 15 is 0 Å². The molecule has 0 aliphatic carbocycles. The molecule has 1 heterocycles. The molecule has 0 saturated carbocycles. The smallest absolute Gasteiger partial charge is 0.255 e. The largest absolute Gasteiger partial charge is 0.321 e. The van der Waals surface area contributed by atoms with Gasteiger partial charge in [-0.15, -0.1) is 0 Å². The summed E-state index contributed by atoms with van der Waals surface area (Å²) in [7, 11) is 0. The van der Waals surface area contributed by atoms with E-state index in [-0.39, 0.29) is 16.8 Å². The van der Waals surface area contributed by atoms with Crippen molar-refractivity contribution in [3.8, 4) is 0 Å². The summed E-state index contributed by atoms with van der Waals surface area (Å²) in [5, 5.41) is 2.77. The second-order valence-corrected chi connectivity index (χ2v) is 5.68. The Morgan fingerprint density at radius 2 is 1.91 bits per heavy atom. The Morgan fingerprint density at radius 3 is 2.52 bits per heavy atom. The van der Waals surface area contributed by atoms with Crippen molar-refractivity contribution in [1.29, 1.82) is 0 Å². The highest BCUT2D eigenvalue weighted by molar-refractivity contribution is 6.33. The predicted octanol–water partition coefficient (Wildman–Crippen LogP) is 3.86. The third-order valence-electron chi connectivity index (χ3n) is 3.69. The molecule has 1 N–H and O–H groups in total. The molecule has 0 bridgehead atoms. The van der Waals surface area contributed by atoms with Gasteiger partial charge in [-0.3, -0.25) is 9.59 Å². The molecule has 0 radical (unpaired) electrons. The fourth-order valence-corrected chi connectivity index (χ4v) is 2.71. The molecular weight excluding hydrogens is 319 g/mol. The lowest BCUT2D eigenvalue weighted by Crippen LogP contribution is -2.23. The van der Waals surface area contributed by atoms with Gasteiger partial charge in [0.1, 0.15) is 5.82 Å². The first-order chi connectivity index (χ1) is 11.0. The summed E-state index contributed by atoms with van der Waals surface area (Å²) in [5.41, 5.74) is 1.56. The van der Waals surface area contributed by atoms with E-state index in [1.54, 1.807) is 29.2 Å². The zero-order valence-corrected chi connectivity index (χ0v) is 12.9. The fourth-order valence-electron chi connectivity index (χ4n) is 2.50. The van der Waals surface area contributed by atoms with Crippen LogP contribution in [0.1, 0.15) is 23.2 Å². The first-order valence-electron chi connectivity index (χ1n) is 7.21. The van der Waals surface area contributed by atoms with Gasteiger partial charge in [0.25, 0.3) is 5.91 Å². The molecule has 2 aromatic carbocycles. The number of nitrogens with zero attached hydrogens (tertiary/aromatic N) is 1. The van der Waals surface area contributed by atoms with Crippen LogP contribution in [0.2, 0.25) is 5.02 Å². The second kappa shape index (κ2) is 6.38. The number of hydrogen-bond donors (Lipinski definition) is 1. The SMILES string of the molecule is O=C(Nc1ccc(F)cc1Cl)c1ccc(N2CCCC2=O)cc1. The summed E-state index contributed by atoms with van der Waals surface area (Å²) in [4.78, 5) is 25.6. The van der Waals surface area contributed by atoms with Crippen molar-refractivity contribution in [3.05, 3.63) is 58.9 Å². The van der Waals surface area contributed by atoms with Crippen LogP contribution in [-0.2, 0) is 4.79 Å². The normalized spacial score (nSPS) is 14.2. The van der Waals surface area contributed by atoms with Crippen LogP contribution in [0.5, 0.6) is 0 Å². The van der Waals surface area contributed by atoms with Gasteiger partial charge in [0.15, 0.2) is 0 Å². The first-order valence-corrected chi connectivity index (χ1v) is 7.59. The molecule has 0 atom stereocenters. The number of hydrogen-bond acceptors (Lipinski definition) is 2. The Bertz CT molecular complexity index is 762. The van der Waals surface area contributed by atoms with E-state index in [9.17, 15) is 14.0 Å². The fraction of sp³-hybridized carbons (Fsp3) is 0.176. The van der Waals surface area contributed by atoms with Crippen LogP contribution in [0.4, 0.5) is 15.8 Å². The Morgan fingerprint density at radius 1 is 1.17 bits per heavy atom. The van der Waals surface area contributed by atoms with Crippen LogP contribution in [0.15, 0.2) is 42.5 Å². The molecule has 1 aliphatic rings. The molecule has 118 valence electrons. The van der Waals surface area contributed by atoms with Gasteiger partial charge < -0.3 is 10.2 Å². The maximum atomic E-state index is 13.0. The van der Waals surface area contributed by atoms with Crippen LogP contribution in [-0.4, -0.2) is 18.4 Å². The predicted molar refractivity (Wildman–Crippen MR) is 87.4 cm³/mol. The highest BCUT2D eigenvalue weighted by Crippen LogP contribution is 2.24. The summed E-state index contributed by atoms with van der Waals surface area (Å²) >= 11 is 5.89. The number of carbonyl (C=O) groups excluding carboxylic acids is 2. The zero-order valence-electron chi connectivity index (χ0n) is 12.2. The van der Waals surface area contributed by atoms with Crippen LogP contribution in [0.25, 0.3) is 0 Å². The molecule has 2 aromatic rings. The van der Waals surface area contributed by atoms with Gasteiger partial charge in [0, 0.05) is 24.2 Å². The Balaban J connectivity index is 1.74. The van der Waals surface area contributed by atoms with E-state index in [0.29, 0.717) is 24.2 Å². The number of nitrogens with one attached hydrogen (secondary N) is 1.